The fourth-order valence-corrected chi connectivity index (χ4v) is 4.55. The highest BCUT2D eigenvalue weighted by molar-refractivity contribution is 5.78. The van der Waals surface area contributed by atoms with Crippen molar-refractivity contribution >= 4 is 10.9 Å². The van der Waals surface area contributed by atoms with E-state index in [1.54, 1.807) is 11.5 Å². The van der Waals surface area contributed by atoms with Gasteiger partial charge in [-0.2, -0.15) is 0 Å². The van der Waals surface area contributed by atoms with Gasteiger partial charge < -0.3 is 9.64 Å². The number of rotatable bonds is 4. The zero-order chi connectivity index (χ0) is 20.7. The minimum Gasteiger partial charge on any atom is -0.490 e. The molecule has 2 fully saturated rings. The molecule has 0 unspecified atom stereocenters. The number of ether oxygens (including phenoxy) is 1. The van der Waals surface area contributed by atoms with Gasteiger partial charge in [-0.25, -0.2) is 9.37 Å². The lowest BCUT2D eigenvalue weighted by Crippen LogP contribution is -2.46. The highest BCUT2D eigenvalue weighted by Crippen LogP contribution is 2.28. The molecule has 1 saturated carbocycles. The Bertz CT molecular complexity index is 1110. The molecule has 0 N–H and O–H groups in total. The van der Waals surface area contributed by atoms with Crippen molar-refractivity contribution < 1.29 is 9.13 Å². The van der Waals surface area contributed by atoms with Crippen molar-refractivity contribution in [1.82, 2.24) is 14.5 Å². The van der Waals surface area contributed by atoms with E-state index in [1.165, 1.54) is 37.5 Å². The van der Waals surface area contributed by atoms with Crippen molar-refractivity contribution in [3.63, 3.8) is 0 Å². The molecule has 5 rings (SSSR count). The molecule has 1 aliphatic carbocycles. The summed E-state index contributed by atoms with van der Waals surface area (Å²) in [4.78, 5) is 20.0. The molecule has 2 aromatic carbocycles. The van der Waals surface area contributed by atoms with Crippen LogP contribution < -0.4 is 10.3 Å². The van der Waals surface area contributed by atoms with Crippen LogP contribution in [0.3, 0.4) is 0 Å². The maximum absolute atomic E-state index is 13.5. The number of nitrogens with zero attached hydrogens (tertiary/aromatic N) is 3. The van der Waals surface area contributed by atoms with Crippen LogP contribution in [0.1, 0.15) is 37.9 Å². The molecular formula is C24H26FN3O2. The van der Waals surface area contributed by atoms with E-state index in [1.807, 2.05) is 24.3 Å². The fraction of sp³-hybridized carbons (Fsp3) is 0.417. The maximum atomic E-state index is 13.5. The zero-order valence-electron chi connectivity index (χ0n) is 17.2. The summed E-state index contributed by atoms with van der Waals surface area (Å²) in [5, 5.41) is 0.403. The van der Waals surface area contributed by atoms with Crippen molar-refractivity contribution in [2.75, 3.05) is 13.1 Å². The number of benzene rings is 2. The Hall–Kier alpha value is -2.73. The third kappa shape index (κ3) is 3.60. The number of fused-ring (bicyclic) bond motifs is 1. The summed E-state index contributed by atoms with van der Waals surface area (Å²) >= 11 is 0. The first kappa shape index (κ1) is 19.2. The van der Waals surface area contributed by atoms with Gasteiger partial charge in [0.1, 0.15) is 23.5 Å². The summed E-state index contributed by atoms with van der Waals surface area (Å²) in [7, 11) is 0. The molecule has 1 saturated heterocycles. The number of aromatic nitrogens is 2. The summed E-state index contributed by atoms with van der Waals surface area (Å²) in [6.07, 6.45) is 6.44. The molecule has 2 heterocycles. The second-order valence-electron chi connectivity index (χ2n) is 8.39. The smallest absolute Gasteiger partial charge is 0.265 e. The molecule has 1 aromatic heterocycles. The highest BCUT2D eigenvalue weighted by Gasteiger charge is 2.29. The van der Waals surface area contributed by atoms with Crippen molar-refractivity contribution in [2.24, 2.45) is 0 Å². The molecule has 156 valence electrons. The van der Waals surface area contributed by atoms with Crippen molar-refractivity contribution in [3.05, 3.63) is 64.5 Å². The molecule has 0 atom stereocenters. The maximum Gasteiger partial charge on any atom is 0.265 e. The van der Waals surface area contributed by atoms with Crippen molar-refractivity contribution in [2.45, 2.75) is 51.2 Å². The monoisotopic (exact) mass is 407 g/mol. The predicted octanol–water partition coefficient (Wildman–Crippen LogP) is 4.23. The van der Waals surface area contributed by atoms with E-state index in [0.717, 1.165) is 43.4 Å². The number of aryl methyl sites for hydroxylation is 1. The lowest BCUT2D eigenvalue weighted by atomic mass is 9.90. The number of halogens is 1. The largest absolute Gasteiger partial charge is 0.490 e. The molecule has 0 amide bonds. The summed E-state index contributed by atoms with van der Waals surface area (Å²) in [5.74, 6) is 0.948. The quantitative estimate of drug-likeness (QED) is 0.649. The van der Waals surface area contributed by atoms with Gasteiger partial charge in [0.2, 0.25) is 0 Å². The lowest BCUT2D eigenvalue weighted by molar-refractivity contribution is 0.0493. The molecule has 0 radical (unpaired) electrons. The molecule has 6 heteroatoms. The predicted molar refractivity (Wildman–Crippen MR) is 115 cm³/mol. The molecule has 1 aliphatic heterocycles. The third-order valence-corrected chi connectivity index (χ3v) is 6.46. The Morgan fingerprint density at radius 2 is 1.77 bits per heavy atom. The Balaban J connectivity index is 1.32. The third-order valence-electron chi connectivity index (χ3n) is 6.46. The minimum atomic E-state index is -0.397. The number of hydrogen-bond acceptors (Lipinski definition) is 4. The van der Waals surface area contributed by atoms with Crippen LogP contribution in [0.25, 0.3) is 16.6 Å². The van der Waals surface area contributed by atoms with Crippen LogP contribution in [0.5, 0.6) is 5.75 Å². The first-order valence-electron chi connectivity index (χ1n) is 10.8. The van der Waals surface area contributed by atoms with Gasteiger partial charge in [-0.05, 0) is 69.0 Å². The van der Waals surface area contributed by atoms with Crippen LogP contribution in [0.2, 0.25) is 0 Å². The second-order valence-corrected chi connectivity index (χ2v) is 8.39. The average molecular weight is 407 g/mol. The van der Waals surface area contributed by atoms with E-state index in [4.69, 9.17) is 4.74 Å². The van der Waals surface area contributed by atoms with Crippen LogP contribution in [-0.4, -0.2) is 39.7 Å². The summed E-state index contributed by atoms with van der Waals surface area (Å²) < 4.78 is 21.2. The standard InChI is InChI=1S/C24H26FN3O2/c1-16-26-23-15-17(25)5-10-22(23)24(29)28(16)19-6-8-20(9-7-19)30-21-11-13-27(14-12-21)18-3-2-4-18/h5-10,15,18,21H,2-4,11-14H2,1H3. The van der Waals surface area contributed by atoms with Gasteiger partial charge in [-0.1, -0.05) is 6.42 Å². The number of hydrogen-bond donors (Lipinski definition) is 0. The van der Waals surface area contributed by atoms with Crippen LogP contribution in [-0.2, 0) is 0 Å². The molecule has 3 aromatic rings. The van der Waals surface area contributed by atoms with Crippen molar-refractivity contribution in [1.29, 1.82) is 0 Å². The molecule has 0 spiro atoms. The van der Waals surface area contributed by atoms with Gasteiger partial charge in [-0.3, -0.25) is 9.36 Å². The number of piperidine rings is 1. The first-order chi connectivity index (χ1) is 14.6. The van der Waals surface area contributed by atoms with E-state index < -0.39 is 5.82 Å². The van der Waals surface area contributed by atoms with Gasteiger partial charge in [0.25, 0.3) is 5.56 Å². The molecular weight excluding hydrogens is 381 g/mol. The Morgan fingerprint density at radius 3 is 2.43 bits per heavy atom. The van der Waals surface area contributed by atoms with E-state index in [9.17, 15) is 9.18 Å². The molecule has 5 nitrogen and oxygen atoms in total. The van der Waals surface area contributed by atoms with E-state index in [0.29, 0.717) is 16.7 Å². The average Bonchev–Trinajstić information content (AvgIpc) is 2.69. The second kappa shape index (κ2) is 7.84. The Kier molecular flexibility index (Phi) is 5.03. The van der Waals surface area contributed by atoms with Crippen LogP contribution >= 0.6 is 0 Å². The first-order valence-corrected chi connectivity index (χ1v) is 10.8. The van der Waals surface area contributed by atoms with Gasteiger partial charge in [0.05, 0.1) is 16.6 Å². The van der Waals surface area contributed by atoms with Gasteiger partial charge in [0, 0.05) is 25.2 Å². The van der Waals surface area contributed by atoms with Gasteiger partial charge in [-0.15, -0.1) is 0 Å². The van der Waals surface area contributed by atoms with Gasteiger partial charge >= 0.3 is 0 Å². The van der Waals surface area contributed by atoms with E-state index in [-0.39, 0.29) is 11.7 Å². The zero-order valence-corrected chi connectivity index (χ0v) is 17.2. The van der Waals surface area contributed by atoms with Gasteiger partial charge in [0.15, 0.2) is 0 Å². The van der Waals surface area contributed by atoms with Crippen LogP contribution in [0.15, 0.2) is 47.3 Å². The van der Waals surface area contributed by atoms with Crippen LogP contribution in [0.4, 0.5) is 4.39 Å². The lowest BCUT2D eigenvalue weighted by Gasteiger charge is -2.41. The van der Waals surface area contributed by atoms with E-state index >= 15 is 0 Å². The summed E-state index contributed by atoms with van der Waals surface area (Å²) in [6.45, 7) is 3.99. The Labute approximate surface area is 175 Å². The van der Waals surface area contributed by atoms with Crippen LogP contribution in [0, 0.1) is 12.7 Å². The Morgan fingerprint density at radius 1 is 1.03 bits per heavy atom. The molecule has 0 bridgehead atoms. The minimum absolute atomic E-state index is 0.200. The molecule has 2 aliphatic rings. The molecule has 30 heavy (non-hydrogen) atoms. The summed E-state index contributed by atoms with van der Waals surface area (Å²) in [5.41, 5.74) is 0.903. The highest BCUT2D eigenvalue weighted by atomic mass is 19.1. The van der Waals surface area contributed by atoms with E-state index in [2.05, 4.69) is 9.88 Å². The SMILES string of the molecule is Cc1nc2cc(F)ccc2c(=O)n1-c1ccc(OC2CCN(C3CCC3)CC2)cc1. The normalized spacial score (nSPS) is 18.5. The van der Waals surface area contributed by atoms with Crippen molar-refractivity contribution in [3.8, 4) is 11.4 Å². The fourth-order valence-electron chi connectivity index (χ4n) is 4.55. The topological polar surface area (TPSA) is 47.4 Å². The summed E-state index contributed by atoms with van der Waals surface area (Å²) in [6, 6.07) is 12.5. The number of likely N-dealkylation sites (tertiary alicyclic amines) is 1.